The van der Waals surface area contributed by atoms with Gasteiger partial charge in [-0.2, -0.15) is 0 Å². The number of piperazine rings is 1. The third-order valence-corrected chi connectivity index (χ3v) is 4.03. The average molecular weight is 352 g/mol. The fourth-order valence-corrected chi connectivity index (χ4v) is 2.89. The maximum Gasteiger partial charge on any atom is 0.410 e. The molecule has 1 aliphatic rings. The molecule has 25 heavy (non-hydrogen) atoms. The van der Waals surface area contributed by atoms with E-state index < -0.39 is 23.4 Å². The largest absolute Gasteiger partial charge is 0.508 e. The van der Waals surface area contributed by atoms with E-state index in [4.69, 9.17) is 4.74 Å². The number of carbonyl (C=O) groups is 2. The molecule has 1 aromatic carbocycles. The Morgan fingerprint density at radius 2 is 1.92 bits per heavy atom. The molecule has 7 heteroatoms. The number of nitrogens with zero attached hydrogens (tertiary/aromatic N) is 2. The monoisotopic (exact) mass is 352 g/mol. The summed E-state index contributed by atoms with van der Waals surface area (Å²) in [6.07, 6.45) is -0.418. The molecule has 0 saturated carbocycles. The lowest BCUT2D eigenvalue weighted by Gasteiger charge is -2.40. The predicted octanol–water partition coefficient (Wildman–Crippen LogP) is 2.92. The molecule has 0 aromatic heterocycles. The lowest BCUT2D eigenvalue weighted by atomic mass is 10.0. The summed E-state index contributed by atoms with van der Waals surface area (Å²) in [6.45, 7) is 9.70. The molecule has 1 aromatic rings. The summed E-state index contributed by atoms with van der Waals surface area (Å²) in [6, 6.07) is 2.05. The molecule has 2 amide bonds. The zero-order valence-corrected chi connectivity index (χ0v) is 15.3. The second-order valence-corrected chi connectivity index (χ2v) is 7.39. The van der Waals surface area contributed by atoms with Gasteiger partial charge < -0.3 is 19.6 Å². The van der Waals surface area contributed by atoms with Crippen LogP contribution in [0.4, 0.5) is 9.18 Å². The molecule has 1 fully saturated rings. The van der Waals surface area contributed by atoms with Crippen molar-refractivity contribution in [2.75, 3.05) is 19.6 Å². The van der Waals surface area contributed by atoms with Crippen LogP contribution in [0.25, 0.3) is 0 Å². The molecule has 1 N–H and O–H groups in total. The molecule has 0 unspecified atom stereocenters. The summed E-state index contributed by atoms with van der Waals surface area (Å²) in [4.78, 5) is 28.0. The maximum absolute atomic E-state index is 14.1. The zero-order valence-electron chi connectivity index (χ0n) is 15.3. The molecule has 0 radical (unpaired) electrons. The van der Waals surface area contributed by atoms with Crippen LogP contribution in [0.15, 0.2) is 12.1 Å². The van der Waals surface area contributed by atoms with Gasteiger partial charge in [-0.25, -0.2) is 9.18 Å². The van der Waals surface area contributed by atoms with Gasteiger partial charge in [0.05, 0.1) is 5.56 Å². The van der Waals surface area contributed by atoms with Crippen molar-refractivity contribution >= 4 is 12.0 Å². The van der Waals surface area contributed by atoms with Crippen molar-refractivity contribution in [1.29, 1.82) is 0 Å². The van der Waals surface area contributed by atoms with Gasteiger partial charge in [-0.1, -0.05) is 0 Å². The Bertz CT molecular complexity index is 661. The zero-order chi connectivity index (χ0) is 18.9. The number of phenolic OH excluding ortho intramolecular Hbond substituents is 1. The highest BCUT2D eigenvalue weighted by Gasteiger charge is 2.33. The Kier molecular flexibility index (Phi) is 5.25. The first-order valence-corrected chi connectivity index (χ1v) is 8.27. The summed E-state index contributed by atoms with van der Waals surface area (Å²) in [5.41, 5.74) is -0.254. The Balaban J connectivity index is 2.11. The van der Waals surface area contributed by atoms with Crippen molar-refractivity contribution in [3.05, 3.63) is 29.1 Å². The highest BCUT2D eigenvalue weighted by molar-refractivity contribution is 5.96. The summed E-state index contributed by atoms with van der Waals surface area (Å²) in [7, 11) is 0. The first-order chi connectivity index (χ1) is 11.5. The standard InChI is InChI=1S/C18H25FN2O4/c1-11-8-13(22)9-14(19)15(11)16(23)20-6-7-21(12(2)10-20)17(24)25-18(3,4)5/h8-9,12,22H,6-7,10H2,1-5H3/t12-/m0/s1. The first-order valence-electron chi connectivity index (χ1n) is 8.27. The SMILES string of the molecule is Cc1cc(O)cc(F)c1C(=O)N1CCN(C(=O)OC(C)(C)C)[C@@H](C)C1. The van der Waals surface area contributed by atoms with Gasteiger partial charge in [0, 0.05) is 31.7 Å². The molecule has 138 valence electrons. The van der Waals surface area contributed by atoms with Crippen molar-refractivity contribution in [2.45, 2.75) is 46.3 Å². The Labute approximate surface area is 147 Å². The maximum atomic E-state index is 14.1. The summed E-state index contributed by atoms with van der Waals surface area (Å²) < 4.78 is 19.5. The molecule has 1 aliphatic heterocycles. The quantitative estimate of drug-likeness (QED) is 0.844. The number of aromatic hydroxyl groups is 1. The number of halogens is 1. The van der Waals surface area contributed by atoms with E-state index in [1.807, 2.05) is 6.92 Å². The van der Waals surface area contributed by atoms with E-state index in [9.17, 15) is 19.1 Å². The average Bonchev–Trinajstić information content (AvgIpc) is 2.43. The Hall–Kier alpha value is -2.31. The van der Waals surface area contributed by atoms with Crippen molar-refractivity contribution in [1.82, 2.24) is 9.80 Å². The van der Waals surface area contributed by atoms with E-state index in [0.717, 1.165) is 6.07 Å². The number of amides is 2. The molecular formula is C18H25FN2O4. The van der Waals surface area contributed by atoms with Crippen molar-refractivity contribution in [2.24, 2.45) is 0 Å². The van der Waals surface area contributed by atoms with Crippen LogP contribution in [0.1, 0.15) is 43.6 Å². The number of benzene rings is 1. The normalized spacial score (nSPS) is 18.2. The Morgan fingerprint density at radius 1 is 1.28 bits per heavy atom. The van der Waals surface area contributed by atoms with Crippen LogP contribution < -0.4 is 0 Å². The van der Waals surface area contributed by atoms with Crippen LogP contribution in [0.5, 0.6) is 5.75 Å². The van der Waals surface area contributed by atoms with Crippen molar-refractivity contribution < 1.29 is 23.8 Å². The van der Waals surface area contributed by atoms with Crippen molar-refractivity contribution in [3.63, 3.8) is 0 Å². The van der Waals surface area contributed by atoms with Gasteiger partial charge in [0.25, 0.3) is 5.91 Å². The number of carbonyl (C=O) groups excluding carboxylic acids is 2. The molecule has 1 saturated heterocycles. The van der Waals surface area contributed by atoms with Crippen LogP contribution in [-0.2, 0) is 4.74 Å². The van der Waals surface area contributed by atoms with E-state index in [-0.39, 0.29) is 23.9 Å². The summed E-state index contributed by atoms with van der Waals surface area (Å²) in [5.74, 6) is -1.40. The van der Waals surface area contributed by atoms with Crippen LogP contribution in [0, 0.1) is 12.7 Å². The van der Waals surface area contributed by atoms with Gasteiger partial charge >= 0.3 is 6.09 Å². The minimum Gasteiger partial charge on any atom is -0.508 e. The van der Waals surface area contributed by atoms with E-state index in [2.05, 4.69) is 0 Å². The van der Waals surface area contributed by atoms with Gasteiger partial charge in [-0.3, -0.25) is 4.79 Å². The smallest absolute Gasteiger partial charge is 0.410 e. The summed E-state index contributed by atoms with van der Waals surface area (Å²) in [5, 5.41) is 9.42. The third-order valence-electron chi connectivity index (χ3n) is 4.03. The fourth-order valence-electron chi connectivity index (χ4n) is 2.89. The molecule has 0 aliphatic carbocycles. The molecule has 2 rings (SSSR count). The van der Waals surface area contributed by atoms with Crippen LogP contribution in [0.3, 0.4) is 0 Å². The van der Waals surface area contributed by atoms with Gasteiger partial charge in [-0.05, 0) is 46.2 Å². The topological polar surface area (TPSA) is 70.1 Å². The highest BCUT2D eigenvalue weighted by Crippen LogP contribution is 2.23. The first kappa shape index (κ1) is 19.0. The van der Waals surface area contributed by atoms with Crippen LogP contribution >= 0.6 is 0 Å². The van der Waals surface area contributed by atoms with E-state index >= 15 is 0 Å². The highest BCUT2D eigenvalue weighted by atomic mass is 19.1. The second-order valence-electron chi connectivity index (χ2n) is 7.39. The molecule has 0 bridgehead atoms. The lowest BCUT2D eigenvalue weighted by molar-refractivity contribution is 0.00188. The van der Waals surface area contributed by atoms with Gasteiger partial charge in [0.15, 0.2) is 0 Å². The number of phenols is 1. The number of rotatable bonds is 1. The number of aryl methyl sites for hydroxylation is 1. The second kappa shape index (κ2) is 6.90. The fraction of sp³-hybridized carbons (Fsp3) is 0.556. The number of hydrogen-bond acceptors (Lipinski definition) is 4. The van der Waals surface area contributed by atoms with E-state index in [1.165, 1.54) is 11.0 Å². The van der Waals surface area contributed by atoms with Gasteiger partial charge in [-0.15, -0.1) is 0 Å². The minimum absolute atomic E-state index is 0.0456. The third kappa shape index (κ3) is 4.41. The van der Waals surface area contributed by atoms with Gasteiger partial charge in [0.1, 0.15) is 17.2 Å². The van der Waals surface area contributed by atoms with E-state index in [1.54, 1.807) is 32.6 Å². The molecule has 1 heterocycles. The molecule has 0 spiro atoms. The van der Waals surface area contributed by atoms with Crippen LogP contribution in [-0.4, -0.2) is 58.2 Å². The predicted molar refractivity (Wildman–Crippen MR) is 91.1 cm³/mol. The molecule has 1 atom stereocenters. The molecular weight excluding hydrogens is 327 g/mol. The van der Waals surface area contributed by atoms with E-state index in [0.29, 0.717) is 18.7 Å². The van der Waals surface area contributed by atoms with Crippen LogP contribution in [0.2, 0.25) is 0 Å². The minimum atomic E-state index is -0.746. The summed E-state index contributed by atoms with van der Waals surface area (Å²) >= 11 is 0. The van der Waals surface area contributed by atoms with Crippen molar-refractivity contribution in [3.8, 4) is 5.75 Å². The van der Waals surface area contributed by atoms with Gasteiger partial charge in [0.2, 0.25) is 0 Å². The lowest BCUT2D eigenvalue weighted by Crippen LogP contribution is -2.56. The number of hydrogen-bond donors (Lipinski definition) is 1. The Morgan fingerprint density at radius 3 is 2.44 bits per heavy atom. The number of ether oxygens (including phenoxy) is 1. The molecule has 6 nitrogen and oxygen atoms in total.